The van der Waals surface area contributed by atoms with Crippen molar-refractivity contribution in [2.24, 2.45) is 5.92 Å². The average molecular weight is 219 g/mol. The first-order valence-electron chi connectivity index (χ1n) is 5.65. The van der Waals surface area contributed by atoms with Crippen molar-refractivity contribution in [3.63, 3.8) is 0 Å². The molecule has 0 saturated carbocycles. The van der Waals surface area contributed by atoms with Gasteiger partial charge in [-0.05, 0) is 6.42 Å². The Hall–Kier alpha value is -1.58. The van der Waals surface area contributed by atoms with Crippen molar-refractivity contribution >= 4 is 5.91 Å². The predicted octanol–water partition coefficient (Wildman–Crippen LogP) is 1.31. The van der Waals surface area contributed by atoms with Crippen molar-refractivity contribution in [3.8, 4) is 0 Å². The van der Waals surface area contributed by atoms with E-state index in [0.29, 0.717) is 12.3 Å². The van der Waals surface area contributed by atoms with Crippen LogP contribution in [0.2, 0.25) is 0 Å². The van der Waals surface area contributed by atoms with Crippen LogP contribution >= 0.6 is 0 Å². The lowest BCUT2D eigenvalue weighted by molar-refractivity contribution is -0.127. The SMILES string of the molecule is C=CC1CC(=O)N(CCCn2ccnc2)C1. The van der Waals surface area contributed by atoms with Gasteiger partial charge in [0.1, 0.15) is 0 Å². The molecule has 16 heavy (non-hydrogen) atoms. The van der Waals surface area contributed by atoms with Crippen LogP contribution in [0.4, 0.5) is 0 Å². The van der Waals surface area contributed by atoms with Gasteiger partial charge >= 0.3 is 0 Å². The van der Waals surface area contributed by atoms with Crippen LogP contribution in [0.15, 0.2) is 31.4 Å². The van der Waals surface area contributed by atoms with Gasteiger partial charge in [-0.2, -0.15) is 0 Å². The lowest BCUT2D eigenvalue weighted by atomic mass is 10.1. The molecule has 1 aromatic rings. The third kappa shape index (κ3) is 2.51. The molecule has 0 bridgehead atoms. The van der Waals surface area contributed by atoms with E-state index in [1.165, 1.54) is 0 Å². The van der Waals surface area contributed by atoms with Crippen molar-refractivity contribution in [2.45, 2.75) is 19.4 Å². The van der Waals surface area contributed by atoms with E-state index in [2.05, 4.69) is 11.6 Å². The summed E-state index contributed by atoms with van der Waals surface area (Å²) in [4.78, 5) is 17.5. The van der Waals surface area contributed by atoms with Gasteiger partial charge in [-0.3, -0.25) is 4.79 Å². The highest BCUT2D eigenvalue weighted by Crippen LogP contribution is 2.18. The Morgan fingerprint density at radius 2 is 2.44 bits per heavy atom. The maximum atomic E-state index is 11.6. The van der Waals surface area contributed by atoms with Crippen molar-refractivity contribution in [1.82, 2.24) is 14.5 Å². The Morgan fingerprint density at radius 1 is 1.56 bits per heavy atom. The smallest absolute Gasteiger partial charge is 0.223 e. The molecule has 2 heterocycles. The van der Waals surface area contributed by atoms with E-state index >= 15 is 0 Å². The fraction of sp³-hybridized carbons (Fsp3) is 0.500. The van der Waals surface area contributed by atoms with Gasteiger partial charge in [0.05, 0.1) is 6.33 Å². The number of aromatic nitrogens is 2. The Kier molecular flexibility index (Phi) is 3.39. The maximum Gasteiger partial charge on any atom is 0.223 e. The number of hydrogen-bond donors (Lipinski definition) is 0. The van der Waals surface area contributed by atoms with Crippen LogP contribution in [0.3, 0.4) is 0 Å². The largest absolute Gasteiger partial charge is 0.342 e. The van der Waals surface area contributed by atoms with Crippen molar-refractivity contribution < 1.29 is 4.79 Å². The highest BCUT2D eigenvalue weighted by molar-refractivity contribution is 5.78. The second-order valence-electron chi connectivity index (χ2n) is 4.19. The topological polar surface area (TPSA) is 38.1 Å². The van der Waals surface area contributed by atoms with Gasteiger partial charge in [-0.25, -0.2) is 4.98 Å². The zero-order chi connectivity index (χ0) is 11.4. The van der Waals surface area contributed by atoms with Crippen molar-refractivity contribution in [1.29, 1.82) is 0 Å². The maximum absolute atomic E-state index is 11.6. The number of likely N-dealkylation sites (tertiary alicyclic amines) is 1. The molecule has 1 atom stereocenters. The first-order chi connectivity index (χ1) is 7.79. The van der Waals surface area contributed by atoms with Crippen LogP contribution in [0.25, 0.3) is 0 Å². The molecule has 1 aliphatic heterocycles. The summed E-state index contributed by atoms with van der Waals surface area (Å²) in [5.74, 6) is 0.608. The molecule has 1 fully saturated rings. The Balaban J connectivity index is 1.74. The third-order valence-corrected chi connectivity index (χ3v) is 2.98. The zero-order valence-corrected chi connectivity index (χ0v) is 9.38. The molecule has 4 heteroatoms. The number of aryl methyl sites for hydroxylation is 1. The predicted molar refractivity (Wildman–Crippen MR) is 61.7 cm³/mol. The minimum atomic E-state index is 0.260. The third-order valence-electron chi connectivity index (χ3n) is 2.98. The van der Waals surface area contributed by atoms with Crippen LogP contribution in [0.1, 0.15) is 12.8 Å². The molecule has 1 unspecified atom stereocenters. The molecule has 0 aliphatic carbocycles. The van der Waals surface area contributed by atoms with E-state index in [9.17, 15) is 4.79 Å². The highest BCUT2D eigenvalue weighted by Gasteiger charge is 2.26. The van der Waals surface area contributed by atoms with Gasteiger partial charge in [-0.1, -0.05) is 6.08 Å². The molecular weight excluding hydrogens is 202 g/mol. The first kappa shape index (κ1) is 10.9. The first-order valence-corrected chi connectivity index (χ1v) is 5.65. The molecule has 2 rings (SSSR count). The fourth-order valence-corrected chi connectivity index (χ4v) is 2.04. The van der Waals surface area contributed by atoms with E-state index in [4.69, 9.17) is 0 Å². The molecular formula is C12H17N3O. The molecule has 0 spiro atoms. The lowest BCUT2D eigenvalue weighted by Crippen LogP contribution is -2.26. The molecule has 1 aromatic heterocycles. The summed E-state index contributed by atoms with van der Waals surface area (Å²) >= 11 is 0. The Morgan fingerprint density at radius 3 is 3.06 bits per heavy atom. The number of amides is 1. The van der Waals surface area contributed by atoms with Gasteiger partial charge < -0.3 is 9.47 Å². The van der Waals surface area contributed by atoms with Gasteiger partial charge in [-0.15, -0.1) is 6.58 Å². The molecule has 1 amide bonds. The normalized spacial score (nSPS) is 20.4. The summed E-state index contributed by atoms with van der Waals surface area (Å²) in [5.41, 5.74) is 0. The van der Waals surface area contributed by atoms with Crippen molar-refractivity contribution in [2.75, 3.05) is 13.1 Å². The number of carbonyl (C=O) groups excluding carboxylic acids is 1. The van der Waals surface area contributed by atoms with Gasteiger partial charge in [0.25, 0.3) is 0 Å². The second-order valence-corrected chi connectivity index (χ2v) is 4.19. The molecule has 1 aliphatic rings. The number of carbonyl (C=O) groups is 1. The lowest BCUT2D eigenvalue weighted by Gasteiger charge is -2.15. The van der Waals surface area contributed by atoms with E-state index in [0.717, 1.165) is 26.1 Å². The minimum absolute atomic E-state index is 0.260. The number of nitrogens with zero attached hydrogens (tertiary/aromatic N) is 3. The summed E-state index contributed by atoms with van der Waals surface area (Å²) < 4.78 is 2.03. The van der Waals surface area contributed by atoms with Gasteiger partial charge in [0.2, 0.25) is 5.91 Å². The molecule has 4 nitrogen and oxygen atoms in total. The second kappa shape index (κ2) is 4.96. The van der Waals surface area contributed by atoms with Crippen LogP contribution in [-0.2, 0) is 11.3 Å². The number of hydrogen-bond acceptors (Lipinski definition) is 2. The summed E-state index contributed by atoms with van der Waals surface area (Å²) in [6.45, 7) is 6.33. The zero-order valence-electron chi connectivity index (χ0n) is 9.38. The molecule has 0 radical (unpaired) electrons. The van der Waals surface area contributed by atoms with Gasteiger partial charge in [0.15, 0.2) is 0 Å². The van der Waals surface area contributed by atoms with Crippen LogP contribution in [0, 0.1) is 5.92 Å². The summed E-state index contributed by atoms with van der Waals surface area (Å²) in [5, 5.41) is 0. The van der Waals surface area contributed by atoms with E-state index in [1.807, 2.05) is 21.7 Å². The monoisotopic (exact) mass is 219 g/mol. The van der Waals surface area contributed by atoms with Crippen LogP contribution in [0.5, 0.6) is 0 Å². The number of imidazole rings is 1. The Bertz CT molecular complexity index is 358. The number of rotatable bonds is 5. The Labute approximate surface area is 95.6 Å². The molecule has 0 N–H and O–H groups in total. The average Bonchev–Trinajstić information content (AvgIpc) is 2.89. The van der Waals surface area contributed by atoms with Crippen LogP contribution < -0.4 is 0 Å². The van der Waals surface area contributed by atoms with Gasteiger partial charge in [0, 0.05) is 44.4 Å². The summed E-state index contributed by atoms with van der Waals surface area (Å²) in [7, 11) is 0. The summed E-state index contributed by atoms with van der Waals surface area (Å²) in [6, 6.07) is 0. The quantitative estimate of drug-likeness (QED) is 0.700. The summed E-state index contributed by atoms with van der Waals surface area (Å²) in [6.07, 6.45) is 9.01. The molecule has 1 saturated heterocycles. The van der Waals surface area contributed by atoms with Crippen molar-refractivity contribution in [3.05, 3.63) is 31.4 Å². The highest BCUT2D eigenvalue weighted by atomic mass is 16.2. The van der Waals surface area contributed by atoms with Crippen LogP contribution in [-0.4, -0.2) is 33.4 Å². The fourth-order valence-electron chi connectivity index (χ4n) is 2.04. The minimum Gasteiger partial charge on any atom is -0.342 e. The van der Waals surface area contributed by atoms with E-state index in [1.54, 1.807) is 12.5 Å². The van der Waals surface area contributed by atoms with E-state index in [-0.39, 0.29) is 5.91 Å². The molecule has 86 valence electrons. The standard InChI is InChI=1S/C12H17N3O/c1-2-11-8-12(16)15(9-11)6-3-5-14-7-4-13-10-14/h2,4,7,10-11H,1,3,5-6,8-9H2. The van der Waals surface area contributed by atoms with E-state index < -0.39 is 0 Å². The molecule has 0 aromatic carbocycles.